The molecule has 0 bridgehead atoms. The highest BCUT2D eigenvalue weighted by atomic mass is 32.2. The summed E-state index contributed by atoms with van der Waals surface area (Å²) in [4.78, 5) is 14.3. The Kier molecular flexibility index (Phi) is 3.71. The van der Waals surface area contributed by atoms with Gasteiger partial charge in [0.05, 0.1) is 12.2 Å². The van der Waals surface area contributed by atoms with Gasteiger partial charge in [0, 0.05) is 18.8 Å². The number of rotatable bonds is 3. The number of likely N-dealkylation sites (tertiary alicyclic amines) is 1. The summed E-state index contributed by atoms with van der Waals surface area (Å²) in [6.45, 7) is 3.63. The molecule has 1 N–H and O–H groups in total. The molecule has 2 fully saturated rings. The molecule has 0 aromatic rings. The standard InChI is InChI=1S/C12H21NO3S/c1-3-16-10(14)11(5-7-17-9-11)12(15)4-6-13(2)8-12/h15H,3-9H2,1-2H3. The van der Waals surface area contributed by atoms with E-state index in [1.807, 2.05) is 14.0 Å². The van der Waals surface area contributed by atoms with Crippen LogP contribution in [0.3, 0.4) is 0 Å². The zero-order valence-electron chi connectivity index (χ0n) is 10.6. The molecule has 17 heavy (non-hydrogen) atoms. The predicted molar refractivity (Wildman–Crippen MR) is 68.1 cm³/mol. The molecule has 0 aromatic carbocycles. The zero-order valence-corrected chi connectivity index (χ0v) is 11.4. The van der Waals surface area contributed by atoms with Crippen LogP contribution in [0.5, 0.6) is 0 Å². The lowest BCUT2D eigenvalue weighted by molar-refractivity contribution is -0.170. The largest absolute Gasteiger partial charge is 0.465 e. The Morgan fingerprint density at radius 2 is 2.29 bits per heavy atom. The highest BCUT2D eigenvalue weighted by Gasteiger charge is 2.60. The van der Waals surface area contributed by atoms with E-state index in [-0.39, 0.29) is 5.97 Å². The second kappa shape index (κ2) is 4.78. The van der Waals surface area contributed by atoms with E-state index in [1.54, 1.807) is 11.8 Å². The van der Waals surface area contributed by atoms with Crippen LogP contribution in [0.2, 0.25) is 0 Å². The van der Waals surface area contributed by atoms with Crippen molar-refractivity contribution in [3.63, 3.8) is 0 Å². The minimum atomic E-state index is -0.905. The fraction of sp³-hybridized carbons (Fsp3) is 0.917. The van der Waals surface area contributed by atoms with Crippen molar-refractivity contribution in [2.45, 2.75) is 25.4 Å². The van der Waals surface area contributed by atoms with Crippen molar-refractivity contribution in [3.8, 4) is 0 Å². The predicted octanol–water partition coefficient (Wildman–Crippen LogP) is 0.739. The number of nitrogens with zero attached hydrogens (tertiary/aromatic N) is 1. The number of hydrogen-bond acceptors (Lipinski definition) is 5. The first-order valence-electron chi connectivity index (χ1n) is 6.20. The van der Waals surface area contributed by atoms with Crippen LogP contribution in [0.4, 0.5) is 0 Å². The molecule has 2 atom stereocenters. The van der Waals surface area contributed by atoms with Gasteiger partial charge in [0.15, 0.2) is 0 Å². The number of thioether (sulfide) groups is 1. The van der Waals surface area contributed by atoms with Gasteiger partial charge in [0.25, 0.3) is 0 Å². The summed E-state index contributed by atoms with van der Waals surface area (Å²) >= 11 is 1.74. The minimum absolute atomic E-state index is 0.206. The summed E-state index contributed by atoms with van der Waals surface area (Å²) in [5, 5.41) is 10.9. The second-order valence-corrected chi connectivity index (χ2v) is 6.23. The number of ether oxygens (including phenoxy) is 1. The van der Waals surface area contributed by atoms with Crippen molar-refractivity contribution in [3.05, 3.63) is 0 Å². The van der Waals surface area contributed by atoms with Gasteiger partial charge in [-0.05, 0) is 32.6 Å². The second-order valence-electron chi connectivity index (χ2n) is 5.12. The van der Waals surface area contributed by atoms with Crippen molar-refractivity contribution in [1.82, 2.24) is 4.90 Å². The number of carbonyl (C=O) groups is 1. The van der Waals surface area contributed by atoms with Gasteiger partial charge in [-0.25, -0.2) is 0 Å². The third-order valence-corrected chi connectivity index (χ3v) is 5.21. The molecule has 4 nitrogen and oxygen atoms in total. The highest BCUT2D eigenvalue weighted by molar-refractivity contribution is 7.99. The van der Waals surface area contributed by atoms with Gasteiger partial charge >= 0.3 is 5.97 Å². The lowest BCUT2D eigenvalue weighted by Crippen LogP contribution is -2.55. The zero-order chi connectivity index (χ0) is 12.5. The van der Waals surface area contributed by atoms with Crippen molar-refractivity contribution < 1.29 is 14.6 Å². The van der Waals surface area contributed by atoms with Crippen LogP contribution in [0.25, 0.3) is 0 Å². The molecule has 2 aliphatic heterocycles. The van der Waals surface area contributed by atoms with E-state index >= 15 is 0 Å². The smallest absolute Gasteiger partial charge is 0.315 e. The van der Waals surface area contributed by atoms with E-state index in [0.717, 1.165) is 18.7 Å². The average molecular weight is 259 g/mol. The monoisotopic (exact) mass is 259 g/mol. The van der Waals surface area contributed by atoms with Gasteiger partial charge in [-0.15, -0.1) is 0 Å². The first-order chi connectivity index (χ1) is 8.04. The van der Waals surface area contributed by atoms with E-state index in [2.05, 4.69) is 4.90 Å². The maximum atomic E-state index is 12.3. The molecular formula is C12H21NO3S. The van der Waals surface area contributed by atoms with Crippen LogP contribution in [-0.2, 0) is 9.53 Å². The van der Waals surface area contributed by atoms with E-state index < -0.39 is 11.0 Å². The normalized spacial score (nSPS) is 38.5. The number of hydrogen-bond donors (Lipinski definition) is 1. The quantitative estimate of drug-likeness (QED) is 0.758. The number of likely N-dealkylation sites (N-methyl/N-ethyl adjacent to an activating group) is 1. The lowest BCUT2D eigenvalue weighted by atomic mass is 9.70. The highest BCUT2D eigenvalue weighted by Crippen LogP contribution is 2.49. The molecule has 0 amide bonds. The molecule has 0 saturated carbocycles. The molecule has 0 spiro atoms. The summed E-state index contributed by atoms with van der Waals surface area (Å²) < 4.78 is 5.21. The summed E-state index contributed by atoms with van der Waals surface area (Å²) in [6, 6.07) is 0. The van der Waals surface area contributed by atoms with Crippen LogP contribution in [0.15, 0.2) is 0 Å². The number of esters is 1. The molecular weight excluding hydrogens is 238 g/mol. The molecule has 98 valence electrons. The van der Waals surface area contributed by atoms with Gasteiger partial charge in [-0.2, -0.15) is 11.8 Å². The van der Waals surface area contributed by atoms with Crippen LogP contribution < -0.4 is 0 Å². The number of β-amino-alcohol motifs (C(OH)–C–C–N with tert-alkyl or cyclic N) is 1. The lowest BCUT2D eigenvalue weighted by Gasteiger charge is -2.39. The van der Waals surface area contributed by atoms with Gasteiger partial charge in [-0.1, -0.05) is 0 Å². The summed E-state index contributed by atoms with van der Waals surface area (Å²) in [7, 11) is 1.99. The average Bonchev–Trinajstić information content (AvgIpc) is 2.87. The van der Waals surface area contributed by atoms with Crippen LogP contribution >= 0.6 is 11.8 Å². The Morgan fingerprint density at radius 1 is 1.53 bits per heavy atom. The van der Waals surface area contributed by atoms with E-state index in [1.165, 1.54) is 0 Å². The van der Waals surface area contributed by atoms with Crippen molar-refractivity contribution in [2.24, 2.45) is 5.41 Å². The third kappa shape index (κ3) is 2.09. The molecule has 2 aliphatic rings. The molecule has 0 radical (unpaired) electrons. The fourth-order valence-electron chi connectivity index (χ4n) is 2.92. The van der Waals surface area contributed by atoms with E-state index in [9.17, 15) is 9.90 Å². The summed E-state index contributed by atoms with van der Waals surface area (Å²) in [5.41, 5.74) is -1.59. The number of carbonyl (C=O) groups excluding carboxylic acids is 1. The molecule has 2 heterocycles. The topological polar surface area (TPSA) is 49.8 Å². The maximum absolute atomic E-state index is 12.3. The molecule has 2 saturated heterocycles. The molecule has 0 aromatic heterocycles. The van der Waals surface area contributed by atoms with Gasteiger partial charge in [0.1, 0.15) is 5.41 Å². The van der Waals surface area contributed by atoms with E-state index in [0.29, 0.717) is 25.3 Å². The van der Waals surface area contributed by atoms with E-state index in [4.69, 9.17) is 4.74 Å². The Balaban J connectivity index is 2.25. The minimum Gasteiger partial charge on any atom is -0.465 e. The SMILES string of the molecule is CCOC(=O)C1(C2(O)CCN(C)C2)CCSC1. The third-order valence-electron chi connectivity index (χ3n) is 4.02. The van der Waals surface area contributed by atoms with Crippen LogP contribution in [-0.4, -0.2) is 59.8 Å². The summed E-state index contributed by atoms with van der Waals surface area (Å²) in [6.07, 6.45) is 1.41. The van der Waals surface area contributed by atoms with Crippen LogP contribution in [0.1, 0.15) is 19.8 Å². The Hall–Kier alpha value is -0.260. The first-order valence-corrected chi connectivity index (χ1v) is 7.35. The maximum Gasteiger partial charge on any atom is 0.315 e. The van der Waals surface area contributed by atoms with Gasteiger partial charge in [-0.3, -0.25) is 4.79 Å². The fourth-order valence-corrected chi connectivity index (χ4v) is 4.44. The first kappa shape index (κ1) is 13.2. The Labute approximate surface area is 107 Å². The molecule has 2 unspecified atom stereocenters. The molecule has 0 aliphatic carbocycles. The van der Waals surface area contributed by atoms with Gasteiger partial charge in [0.2, 0.25) is 0 Å². The molecule has 2 rings (SSSR count). The Morgan fingerprint density at radius 3 is 2.76 bits per heavy atom. The Bertz CT molecular complexity index is 304. The van der Waals surface area contributed by atoms with Crippen molar-refractivity contribution in [1.29, 1.82) is 0 Å². The summed E-state index contributed by atoms with van der Waals surface area (Å²) in [5.74, 6) is 1.42. The van der Waals surface area contributed by atoms with Crippen LogP contribution in [0, 0.1) is 5.41 Å². The van der Waals surface area contributed by atoms with Gasteiger partial charge < -0.3 is 14.7 Å². The molecule has 5 heteroatoms. The number of aliphatic hydroxyl groups is 1. The van der Waals surface area contributed by atoms with Crippen molar-refractivity contribution in [2.75, 3.05) is 38.2 Å². The van der Waals surface area contributed by atoms with Crippen molar-refractivity contribution >= 4 is 17.7 Å².